The highest BCUT2D eigenvalue weighted by atomic mass is 79.9. The number of hydrogen-bond donors (Lipinski definition) is 3. The zero-order valence-corrected chi connectivity index (χ0v) is 9.14. The molecule has 0 spiro atoms. The Morgan fingerprint density at radius 3 is 3.08 bits per heavy atom. The maximum Gasteiger partial charge on any atom is 0.263 e. The van der Waals surface area contributed by atoms with Gasteiger partial charge in [0.05, 0.1) is 5.57 Å². The average Bonchev–Trinajstić information content (AvgIpc) is 2.23. The number of alkyl halides is 1. The molecule has 1 aliphatic heterocycles. The summed E-state index contributed by atoms with van der Waals surface area (Å²) in [5.74, 6) is -0.323. The second-order valence-electron chi connectivity index (χ2n) is 3.04. The molecule has 3 N–H and O–H groups in total. The molecule has 0 aromatic rings. The highest BCUT2D eigenvalue weighted by Crippen LogP contribution is 2.32. The molecule has 1 aliphatic carbocycles. The van der Waals surface area contributed by atoms with E-state index in [9.17, 15) is 9.00 Å². The lowest BCUT2D eigenvalue weighted by atomic mass is 10.1. The molecule has 4 nitrogen and oxygen atoms in total. The van der Waals surface area contributed by atoms with Crippen LogP contribution in [0, 0.1) is 0 Å². The summed E-state index contributed by atoms with van der Waals surface area (Å²) in [6, 6.07) is 0. The Morgan fingerprint density at radius 1 is 1.69 bits per heavy atom. The maximum absolute atomic E-state index is 11.7. The third kappa shape index (κ3) is 1.38. The number of rotatable bonds is 0. The van der Waals surface area contributed by atoms with Gasteiger partial charge in [0, 0.05) is 20.0 Å². The van der Waals surface area contributed by atoms with Gasteiger partial charge in [-0.1, -0.05) is 28.1 Å². The maximum atomic E-state index is 11.7. The quantitative estimate of drug-likeness (QED) is 0.422. The Morgan fingerprint density at radius 2 is 2.38 bits per heavy atom. The smallest absolute Gasteiger partial charge is 0.263 e. The Balaban J connectivity index is 2.50. The first-order chi connectivity index (χ1) is 6.00. The molecule has 1 amide bonds. The molecule has 0 aromatic carbocycles. The Bertz CT molecular complexity index is 388. The second-order valence-corrected chi connectivity index (χ2v) is 6.29. The van der Waals surface area contributed by atoms with E-state index in [0.717, 1.165) is 0 Å². The lowest BCUT2D eigenvalue weighted by Crippen LogP contribution is -2.38. The van der Waals surface area contributed by atoms with E-state index in [1.165, 1.54) is 0 Å². The van der Waals surface area contributed by atoms with Crippen LogP contribution in [0.5, 0.6) is 0 Å². The van der Waals surface area contributed by atoms with Crippen molar-refractivity contribution in [1.29, 1.82) is 0 Å². The van der Waals surface area contributed by atoms with Gasteiger partial charge in [0.15, 0.2) is 0 Å². The predicted molar refractivity (Wildman–Crippen MR) is 55.4 cm³/mol. The number of nitrogens with one attached hydrogen (secondary N) is 1. The van der Waals surface area contributed by atoms with Crippen LogP contribution in [0.1, 0.15) is 6.42 Å². The first-order valence-electron chi connectivity index (χ1n) is 3.78. The molecule has 6 heteroatoms. The van der Waals surface area contributed by atoms with Crippen molar-refractivity contribution in [3.8, 4) is 0 Å². The third-order valence-corrected chi connectivity index (χ3v) is 4.47. The van der Waals surface area contributed by atoms with E-state index in [1.807, 2.05) is 6.08 Å². The molecule has 0 saturated heterocycles. The van der Waals surface area contributed by atoms with Crippen molar-refractivity contribution >= 4 is 32.1 Å². The summed E-state index contributed by atoms with van der Waals surface area (Å²) in [7, 11) is -3.07. The molecule has 0 radical (unpaired) electrons. The first kappa shape index (κ1) is 9.11. The van der Waals surface area contributed by atoms with Crippen molar-refractivity contribution in [1.82, 2.24) is 4.72 Å². The van der Waals surface area contributed by atoms with E-state index in [2.05, 4.69) is 20.7 Å². The van der Waals surface area contributed by atoms with Crippen LogP contribution in [-0.2, 0) is 15.1 Å². The van der Waals surface area contributed by atoms with Crippen LogP contribution in [-0.4, -0.2) is 14.9 Å². The Hall–Kier alpha value is -0.460. The number of amides is 1. The van der Waals surface area contributed by atoms with E-state index < -0.39 is 10.3 Å². The summed E-state index contributed by atoms with van der Waals surface area (Å²) >= 11 is 3.36. The zero-order chi connectivity index (χ0) is 9.64. The summed E-state index contributed by atoms with van der Waals surface area (Å²) in [5, 5.41) is 5.50. The van der Waals surface area contributed by atoms with Crippen LogP contribution in [0.3, 0.4) is 0 Å². The molecular weight excluding hydrogens is 256 g/mol. The van der Waals surface area contributed by atoms with Gasteiger partial charge in [0.2, 0.25) is 0 Å². The number of carbonyl (C=O) groups excluding carboxylic acids is 1. The molecule has 0 saturated carbocycles. The van der Waals surface area contributed by atoms with Crippen molar-refractivity contribution < 1.29 is 9.00 Å². The molecule has 0 bridgehead atoms. The molecule has 2 aliphatic rings. The van der Waals surface area contributed by atoms with Crippen LogP contribution >= 0.6 is 15.9 Å². The lowest BCUT2D eigenvalue weighted by Gasteiger charge is -2.19. The van der Waals surface area contributed by atoms with E-state index in [0.29, 0.717) is 16.9 Å². The fourth-order valence-corrected chi connectivity index (χ4v) is 3.74. The van der Waals surface area contributed by atoms with Crippen molar-refractivity contribution in [3.05, 3.63) is 22.6 Å². The van der Waals surface area contributed by atoms with Gasteiger partial charge in [-0.3, -0.25) is 14.7 Å². The Kier molecular flexibility index (Phi) is 1.94. The second kappa shape index (κ2) is 2.76. The molecular formula is C7H9BrN2O2S. The number of hydrogen-bond acceptors (Lipinski definition) is 2. The predicted octanol–water partition coefficient (Wildman–Crippen LogP) is -0.101. The molecule has 1 unspecified atom stereocenters. The standard InChI is InChI=1S/C7H9BrN2O2S/c8-4-1-2-5-6(3-4)13(9,12)10-7(5)11/h1-2,4,13H,3H2,(H3,9,10,11,12). The number of carbonyl (C=O) groups is 1. The minimum Gasteiger partial charge on any atom is -0.279 e. The van der Waals surface area contributed by atoms with Crippen molar-refractivity contribution in [2.24, 2.45) is 5.14 Å². The molecule has 72 valence electrons. The normalized spacial score (nSPS) is 32.8. The zero-order valence-electron chi connectivity index (χ0n) is 6.66. The molecule has 2 rings (SSSR count). The summed E-state index contributed by atoms with van der Waals surface area (Å²) in [6.45, 7) is 0. The van der Waals surface area contributed by atoms with Crippen molar-refractivity contribution in [2.45, 2.75) is 11.2 Å². The van der Waals surface area contributed by atoms with Gasteiger partial charge in [0.25, 0.3) is 5.91 Å². The molecule has 0 aromatic heterocycles. The SMILES string of the molecule is N[SH]1(=O)NC(=O)C2=C1CC(Br)C=C2. The summed E-state index contributed by atoms with van der Waals surface area (Å²) < 4.78 is 14.0. The molecule has 0 fully saturated rings. The van der Waals surface area contributed by atoms with Gasteiger partial charge >= 0.3 is 0 Å². The monoisotopic (exact) mass is 264 g/mol. The molecule has 1 atom stereocenters. The van der Waals surface area contributed by atoms with Gasteiger partial charge in [0.1, 0.15) is 0 Å². The summed E-state index contributed by atoms with van der Waals surface area (Å²) in [5.41, 5.74) is 0.474. The van der Waals surface area contributed by atoms with Crippen molar-refractivity contribution in [2.75, 3.05) is 0 Å². The van der Waals surface area contributed by atoms with Gasteiger partial charge in [-0.25, -0.2) is 4.21 Å². The summed E-state index contributed by atoms with van der Waals surface area (Å²) in [4.78, 5) is 11.9. The van der Waals surface area contributed by atoms with E-state index in [4.69, 9.17) is 5.14 Å². The van der Waals surface area contributed by atoms with E-state index >= 15 is 0 Å². The van der Waals surface area contributed by atoms with E-state index in [-0.39, 0.29) is 10.7 Å². The Labute approximate surface area is 85.1 Å². The van der Waals surface area contributed by atoms with Crippen LogP contribution in [0.2, 0.25) is 0 Å². The van der Waals surface area contributed by atoms with Crippen LogP contribution in [0.4, 0.5) is 0 Å². The van der Waals surface area contributed by atoms with Gasteiger partial charge in [-0.05, 0) is 6.42 Å². The lowest BCUT2D eigenvalue weighted by molar-refractivity contribution is -0.115. The number of halogens is 1. The molecule has 1 heterocycles. The van der Waals surface area contributed by atoms with Crippen LogP contribution in [0.15, 0.2) is 22.6 Å². The number of thiol groups is 1. The topological polar surface area (TPSA) is 72.2 Å². The van der Waals surface area contributed by atoms with Crippen molar-refractivity contribution in [3.63, 3.8) is 0 Å². The fourth-order valence-electron chi connectivity index (χ4n) is 1.46. The van der Waals surface area contributed by atoms with E-state index in [1.54, 1.807) is 6.08 Å². The average molecular weight is 265 g/mol. The van der Waals surface area contributed by atoms with Gasteiger partial charge in [-0.2, -0.15) is 0 Å². The van der Waals surface area contributed by atoms with Gasteiger partial charge in [-0.15, -0.1) is 0 Å². The highest BCUT2D eigenvalue weighted by molar-refractivity contribution is 9.09. The van der Waals surface area contributed by atoms with Gasteiger partial charge < -0.3 is 0 Å². The first-order valence-corrected chi connectivity index (χ1v) is 6.47. The largest absolute Gasteiger partial charge is 0.279 e. The van der Waals surface area contributed by atoms with Crippen LogP contribution < -0.4 is 9.86 Å². The number of allylic oxidation sites excluding steroid dienone is 2. The fraction of sp³-hybridized carbons (Fsp3) is 0.286. The minimum atomic E-state index is -3.07. The van der Waals surface area contributed by atoms with Crippen LogP contribution in [0.25, 0.3) is 0 Å². The molecule has 13 heavy (non-hydrogen) atoms. The number of nitrogens with two attached hydrogens (primary N) is 1. The summed E-state index contributed by atoms with van der Waals surface area (Å²) in [6.07, 6.45) is 4.06. The highest BCUT2D eigenvalue weighted by Gasteiger charge is 2.34. The third-order valence-electron chi connectivity index (χ3n) is 2.08. The minimum absolute atomic E-state index is 0.121.